The van der Waals surface area contributed by atoms with Gasteiger partial charge in [-0.2, -0.15) is 0 Å². The van der Waals surface area contributed by atoms with E-state index in [1.165, 1.54) is 18.4 Å². The summed E-state index contributed by atoms with van der Waals surface area (Å²) in [6, 6.07) is 9.10. The van der Waals surface area contributed by atoms with E-state index in [1.807, 2.05) is 12.1 Å². The second kappa shape index (κ2) is 5.35. The minimum absolute atomic E-state index is 0.799. The number of benzene rings is 1. The van der Waals surface area contributed by atoms with Crippen LogP contribution < -0.4 is 4.74 Å². The molecule has 0 spiro atoms. The van der Waals surface area contributed by atoms with Crippen molar-refractivity contribution in [2.75, 3.05) is 19.7 Å². The number of hydrogen-bond donors (Lipinski definition) is 0. The molecule has 1 aromatic rings. The van der Waals surface area contributed by atoms with Crippen molar-refractivity contribution in [3.8, 4) is 5.75 Å². The van der Waals surface area contributed by atoms with Crippen molar-refractivity contribution in [2.45, 2.75) is 32.7 Å². The van der Waals surface area contributed by atoms with E-state index in [1.54, 1.807) is 0 Å². The zero-order chi connectivity index (χ0) is 11.4. The molecule has 16 heavy (non-hydrogen) atoms. The van der Waals surface area contributed by atoms with Crippen LogP contribution in [0, 0.1) is 6.92 Å². The molecule has 1 aromatic carbocycles. The van der Waals surface area contributed by atoms with Gasteiger partial charge in [0.15, 0.2) is 0 Å². The van der Waals surface area contributed by atoms with Crippen molar-refractivity contribution in [2.24, 2.45) is 0 Å². The number of rotatable bonds is 6. The lowest BCUT2D eigenvalue weighted by Gasteiger charge is -2.19. The van der Waals surface area contributed by atoms with Gasteiger partial charge in [0, 0.05) is 12.6 Å². The van der Waals surface area contributed by atoms with Crippen LogP contribution in [0.3, 0.4) is 0 Å². The summed E-state index contributed by atoms with van der Waals surface area (Å²) in [6.45, 7) is 7.31. The molecule has 1 saturated carbocycles. The SMILES string of the molecule is CCN(CCOc1cccc(C)c1)C1CC1. The van der Waals surface area contributed by atoms with E-state index < -0.39 is 0 Å². The molecule has 0 unspecified atom stereocenters. The van der Waals surface area contributed by atoms with Crippen LogP contribution >= 0.6 is 0 Å². The molecule has 0 bridgehead atoms. The summed E-state index contributed by atoms with van der Waals surface area (Å²) < 4.78 is 5.76. The number of nitrogens with zero attached hydrogens (tertiary/aromatic N) is 1. The molecule has 0 saturated heterocycles. The molecular formula is C14H21NO. The van der Waals surface area contributed by atoms with Crippen LogP contribution in [-0.2, 0) is 0 Å². The third-order valence-electron chi connectivity index (χ3n) is 3.11. The van der Waals surface area contributed by atoms with Gasteiger partial charge in [0.1, 0.15) is 12.4 Å². The van der Waals surface area contributed by atoms with Gasteiger partial charge >= 0.3 is 0 Å². The highest BCUT2D eigenvalue weighted by Crippen LogP contribution is 2.26. The highest BCUT2D eigenvalue weighted by Gasteiger charge is 2.27. The molecule has 0 radical (unpaired) electrons. The average molecular weight is 219 g/mol. The fraction of sp³-hybridized carbons (Fsp3) is 0.571. The maximum atomic E-state index is 5.76. The molecule has 88 valence electrons. The number of likely N-dealkylation sites (N-methyl/N-ethyl adjacent to an activating group) is 1. The normalized spacial score (nSPS) is 15.4. The summed E-state index contributed by atoms with van der Waals surface area (Å²) in [5.41, 5.74) is 1.26. The molecule has 0 aliphatic heterocycles. The van der Waals surface area contributed by atoms with Crippen molar-refractivity contribution >= 4 is 0 Å². The highest BCUT2D eigenvalue weighted by molar-refractivity contribution is 5.27. The maximum Gasteiger partial charge on any atom is 0.119 e. The summed E-state index contributed by atoms with van der Waals surface area (Å²) >= 11 is 0. The summed E-state index contributed by atoms with van der Waals surface area (Å²) in [5.74, 6) is 0.992. The Bertz CT molecular complexity index is 333. The van der Waals surface area contributed by atoms with Crippen LogP contribution in [0.15, 0.2) is 24.3 Å². The van der Waals surface area contributed by atoms with Crippen LogP contribution in [-0.4, -0.2) is 30.6 Å². The first-order chi connectivity index (χ1) is 7.79. The first-order valence-electron chi connectivity index (χ1n) is 6.23. The zero-order valence-electron chi connectivity index (χ0n) is 10.3. The predicted molar refractivity (Wildman–Crippen MR) is 66.9 cm³/mol. The largest absolute Gasteiger partial charge is 0.492 e. The van der Waals surface area contributed by atoms with Crippen LogP contribution in [0.1, 0.15) is 25.3 Å². The second-order valence-electron chi connectivity index (χ2n) is 4.52. The summed E-state index contributed by atoms with van der Waals surface area (Å²) in [4.78, 5) is 2.51. The minimum atomic E-state index is 0.799. The molecule has 0 N–H and O–H groups in total. The number of ether oxygens (including phenoxy) is 1. The smallest absolute Gasteiger partial charge is 0.119 e. The Morgan fingerprint density at radius 2 is 2.19 bits per heavy atom. The van der Waals surface area contributed by atoms with Gasteiger partial charge in [0.2, 0.25) is 0 Å². The van der Waals surface area contributed by atoms with Gasteiger partial charge in [-0.15, -0.1) is 0 Å². The molecule has 1 fully saturated rings. The monoisotopic (exact) mass is 219 g/mol. The molecule has 0 atom stereocenters. The number of aryl methyl sites for hydroxylation is 1. The van der Waals surface area contributed by atoms with Gasteiger partial charge in [-0.05, 0) is 44.0 Å². The van der Waals surface area contributed by atoms with Gasteiger partial charge in [-0.25, -0.2) is 0 Å². The third kappa shape index (κ3) is 3.24. The van der Waals surface area contributed by atoms with Gasteiger partial charge < -0.3 is 4.74 Å². The molecule has 0 amide bonds. The van der Waals surface area contributed by atoms with E-state index in [2.05, 4.69) is 30.9 Å². The van der Waals surface area contributed by atoms with Gasteiger partial charge in [0.25, 0.3) is 0 Å². The standard InChI is InChI=1S/C14H21NO/c1-3-15(13-7-8-13)9-10-16-14-6-4-5-12(2)11-14/h4-6,11,13H,3,7-10H2,1-2H3. The van der Waals surface area contributed by atoms with Crippen molar-refractivity contribution in [1.29, 1.82) is 0 Å². The van der Waals surface area contributed by atoms with Crippen molar-refractivity contribution < 1.29 is 4.74 Å². The molecule has 2 rings (SSSR count). The summed E-state index contributed by atoms with van der Waals surface area (Å²) in [5, 5.41) is 0. The van der Waals surface area contributed by atoms with Crippen LogP contribution in [0.25, 0.3) is 0 Å². The first-order valence-corrected chi connectivity index (χ1v) is 6.23. The van der Waals surface area contributed by atoms with Crippen molar-refractivity contribution in [3.05, 3.63) is 29.8 Å². The molecule has 1 aliphatic carbocycles. The maximum absolute atomic E-state index is 5.76. The fourth-order valence-electron chi connectivity index (χ4n) is 2.02. The molecule has 0 heterocycles. The molecular weight excluding hydrogens is 198 g/mol. The lowest BCUT2D eigenvalue weighted by atomic mass is 10.2. The Morgan fingerprint density at radius 3 is 2.81 bits per heavy atom. The van der Waals surface area contributed by atoms with Crippen LogP contribution in [0.2, 0.25) is 0 Å². The Morgan fingerprint density at radius 1 is 1.38 bits per heavy atom. The van der Waals surface area contributed by atoms with Gasteiger partial charge in [-0.1, -0.05) is 19.1 Å². The Balaban J connectivity index is 1.74. The summed E-state index contributed by atoms with van der Waals surface area (Å²) in [6.07, 6.45) is 2.75. The third-order valence-corrected chi connectivity index (χ3v) is 3.11. The summed E-state index contributed by atoms with van der Waals surface area (Å²) in [7, 11) is 0. The lowest BCUT2D eigenvalue weighted by molar-refractivity contribution is 0.209. The molecule has 2 nitrogen and oxygen atoms in total. The van der Waals surface area contributed by atoms with Crippen LogP contribution in [0.4, 0.5) is 0 Å². The Hall–Kier alpha value is -1.02. The van der Waals surface area contributed by atoms with E-state index in [9.17, 15) is 0 Å². The molecule has 1 aliphatic rings. The van der Waals surface area contributed by atoms with E-state index in [4.69, 9.17) is 4.74 Å². The van der Waals surface area contributed by atoms with Crippen molar-refractivity contribution in [3.63, 3.8) is 0 Å². The van der Waals surface area contributed by atoms with Crippen LogP contribution in [0.5, 0.6) is 5.75 Å². The topological polar surface area (TPSA) is 12.5 Å². The minimum Gasteiger partial charge on any atom is -0.492 e. The quantitative estimate of drug-likeness (QED) is 0.729. The first kappa shape index (κ1) is 11.5. The van der Waals surface area contributed by atoms with E-state index >= 15 is 0 Å². The Kier molecular flexibility index (Phi) is 3.83. The lowest BCUT2D eigenvalue weighted by Crippen LogP contribution is -2.30. The average Bonchev–Trinajstić information content (AvgIpc) is 3.08. The predicted octanol–water partition coefficient (Wildman–Crippen LogP) is 2.86. The highest BCUT2D eigenvalue weighted by atomic mass is 16.5. The second-order valence-corrected chi connectivity index (χ2v) is 4.52. The number of hydrogen-bond acceptors (Lipinski definition) is 2. The fourth-order valence-corrected chi connectivity index (χ4v) is 2.02. The zero-order valence-corrected chi connectivity index (χ0v) is 10.3. The van der Waals surface area contributed by atoms with Gasteiger partial charge in [0.05, 0.1) is 0 Å². The van der Waals surface area contributed by atoms with E-state index in [0.29, 0.717) is 0 Å². The van der Waals surface area contributed by atoms with Gasteiger partial charge in [-0.3, -0.25) is 4.90 Å². The molecule has 0 aromatic heterocycles. The van der Waals surface area contributed by atoms with E-state index in [0.717, 1.165) is 31.5 Å². The van der Waals surface area contributed by atoms with Crippen molar-refractivity contribution in [1.82, 2.24) is 4.90 Å². The molecule has 2 heteroatoms. The Labute approximate surface area is 98.2 Å². The van der Waals surface area contributed by atoms with E-state index in [-0.39, 0.29) is 0 Å².